The molecular formula is C15H20FN3O5S. The summed E-state index contributed by atoms with van der Waals surface area (Å²) < 4.78 is 40.3. The van der Waals surface area contributed by atoms with Crippen molar-refractivity contribution in [3.05, 3.63) is 23.5 Å². The highest BCUT2D eigenvalue weighted by molar-refractivity contribution is 7.92. The monoisotopic (exact) mass is 373 g/mol. The van der Waals surface area contributed by atoms with E-state index >= 15 is 0 Å². The van der Waals surface area contributed by atoms with E-state index in [0.29, 0.717) is 35.7 Å². The Bertz CT molecular complexity index is 754. The molecule has 3 N–H and O–H groups in total. The number of carbonyl (C=O) groups is 1. The molecule has 0 radical (unpaired) electrons. The van der Waals surface area contributed by atoms with Gasteiger partial charge in [-0.25, -0.2) is 13.4 Å². The number of phenolic OH excluding ortho intramolecular Hbond substituents is 1. The highest BCUT2D eigenvalue weighted by Crippen LogP contribution is 2.34. The lowest BCUT2D eigenvalue weighted by Crippen LogP contribution is -2.37. The second-order valence-corrected chi connectivity index (χ2v) is 7.90. The third-order valence-electron chi connectivity index (χ3n) is 4.45. The molecule has 0 unspecified atom stereocenters. The zero-order valence-corrected chi connectivity index (χ0v) is 14.3. The average Bonchev–Trinajstić information content (AvgIpc) is 2.79. The number of rotatable bonds is 4. The maximum atomic E-state index is 14.4. The molecule has 0 aromatic heterocycles. The Balaban J connectivity index is 1.73. The van der Waals surface area contributed by atoms with E-state index in [1.807, 2.05) is 0 Å². The van der Waals surface area contributed by atoms with Crippen LogP contribution in [-0.4, -0.2) is 61.7 Å². The van der Waals surface area contributed by atoms with Crippen molar-refractivity contribution in [2.45, 2.75) is 25.4 Å². The largest absolute Gasteiger partial charge is 0.506 e. The number of nitrogens with one attached hydrogen (secondary N) is 1. The van der Waals surface area contributed by atoms with Crippen molar-refractivity contribution in [1.82, 2.24) is 9.62 Å². The number of nitrogens with zero attached hydrogens (tertiary/aromatic N) is 2. The lowest BCUT2D eigenvalue weighted by molar-refractivity contribution is -0.117. The number of piperidine rings is 1. The van der Waals surface area contributed by atoms with E-state index in [2.05, 4.69) is 4.90 Å². The molecule has 138 valence electrons. The van der Waals surface area contributed by atoms with E-state index in [9.17, 15) is 27.8 Å². The average molecular weight is 373 g/mol. The van der Waals surface area contributed by atoms with Crippen LogP contribution < -0.4 is 9.03 Å². The summed E-state index contributed by atoms with van der Waals surface area (Å²) >= 11 is 0. The summed E-state index contributed by atoms with van der Waals surface area (Å²) in [6.45, 7) is 1.59. The van der Waals surface area contributed by atoms with E-state index in [4.69, 9.17) is 0 Å². The van der Waals surface area contributed by atoms with Crippen molar-refractivity contribution >= 4 is 21.8 Å². The first kappa shape index (κ1) is 17.9. The predicted molar refractivity (Wildman–Crippen MR) is 87.9 cm³/mol. The number of benzene rings is 1. The smallest absolute Gasteiger partial charge is 0.326 e. The minimum absolute atomic E-state index is 0.268. The molecule has 2 fully saturated rings. The molecule has 0 bridgehead atoms. The van der Waals surface area contributed by atoms with Crippen molar-refractivity contribution in [3.63, 3.8) is 0 Å². The van der Waals surface area contributed by atoms with Crippen LogP contribution in [0.1, 0.15) is 18.4 Å². The minimum atomic E-state index is -4.18. The van der Waals surface area contributed by atoms with Gasteiger partial charge in [-0.05, 0) is 37.0 Å². The quantitative estimate of drug-likeness (QED) is 0.669. The summed E-state index contributed by atoms with van der Waals surface area (Å²) in [6, 6.07) is 2.49. The Hall–Kier alpha value is -1.91. The van der Waals surface area contributed by atoms with Crippen LogP contribution in [0.5, 0.6) is 5.75 Å². The number of hydrogen-bond acceptors (Lipinski definition) is 6. The number of hydrogen-bond donors (Lipinski definition) is 3. The molecule has 2 aliphatic rings. The van der Waals surface area contributed by atoms with Gasteiger partial charge in [0, 0.05) is 19.6 Å². The summed E-state index contributed by atoms with van der Waals surface area (Å²) in [5, 5.41) is 19.6. The van der Waals surface area contributed by atoms with Crippen molar-refractivity contribution in [2.24, 2.45) is 0 Å². The third-order valence-corrected chi connectivity index (χ3v) is 5.82. The third kappa shape index (κ3) is 3.86. The fourth-order valence-electron chi connectivity index (χ4n) is 3.11. The zero-order chi connectivity index (χ0) is 18.2. The summed E-state index contributed by atoms with van der Waals surface area (Å²) in [4.78, 5) is 13.4. The molecule has 0 saturated carbocycles. The van der Waals surface area contributed by atoms with E-state index in [-0.39, 0.29) is 6.10 Å². The van der Waals surface area contributed by atoms with E-state index in [0.717, 1.165) is 13.1 Å². The molecule has 0 aliphatic carbocycles. The predicted octanol–water partition coefficient (Wildman–Crippen LogP) is -0.289. The van der Waals surface area contributed by atoms with Gasteiger partial charge in [-0.2, -0.15) is 8.42 Å². The SMILES string of the molecule is O=C1CN(c2c(O)cc(CCN3CCC(O)CC3)cc2F)S(=O)(=O)N1. The fraction of sp³-hybridized carbons (Fsp3) is 0.533. The van der Waals surface area contributed by atoms with Crippen LogP contribution in [0.25, 0.3) is 0 Å². The van der Waals surface area contributed by atoms with Crippen LogP contribution in [0, 0.1) is 5.82 Å². The molecule has 3 rings (SSSR count). The number of likely N-dealkylation sites (tertiary alicyclic amines) is 1. The summed E-state index contributed by atoms with van der Waals surface area (Å²) in [5.41, 5.74) is 0.00365. The number of aliphatic hydroxyl groups is 1. The van der Waals surface area contributed by atoms with E-state index in [1.54, 1.807) is 4.72 Å². The Morgan fingerprint density at radius 1 is 1.28 bits per heavy atom. The normalized spacial score (nSPS) is 21.5. The first-order valence-corrected chi connectivity index (χ1v) is 9.45. The lowest BCUT2D eigenvalue weighted by Gasteiger charge is -2.29. The Labute approximate surface area is 145 Å². The Kier molecular flexibility index (Phi) is 4.85. The fourth-order valence-corrected chi connectivity index (χ4v) is 4.28. The number of halogens is 1. The van der Waals surface area contributed by atoms with Crippen LogP contribution in [0.2, 0.25) is 0 Å². The van der Waals surface area contributed by atoms with Crippen molar-refractivity contribution in [2.75, 3.05) is 30.5 Å². The molecule has 2 aliphatic heterocycles. The van der Waals surface area contributed by atoms with Gasteiger partial charge in [0.1, 0.15) is 18.0 Å². The van der Waals surface area contributed by atoms with Gasteiger partial charge >= 0.3 is 10.2 Å². The van der Waals surface area contributed by atoms with Gasteiger partial charge in [0.2, 0.25) is 0 Å². The number of anilines is 1. The van der Waals surface area contributed by atoms with Gasteiger partial charge in [0.25, 0.3) is 5.91 Å². The first-order valence-electron chi connectivity index (χ1n) is 8.01. The molecule has 8 nitrogen and oxygen atoms in total. The first-order chi connectivity index (χ1) is 11.8. The summed E-state index contributed by atoms with van der Waals surface area (Å²) in [6.07, 6.45) is 1.61. The molecule has 0 atom stereocenters. The van der Waals surface area contributed by atoms with Gasteiger partial charge in [-0.3, -0.25) is 4.79 Å². The molecule has 1 aromatic carbocycles. The number of aromatic hydroxyl groups is 1. The maximum absolute atomic E-state index is 14.4. The van der Waals surface area contributed by atoms with Gasteiger partial charge < -0.3 is 15.1 Å². The number of carbonyl (C=O) groups excluding carboxylic acids is 1. The van der Waals surface area contributed by atoms with E-state index in [1.165, 1.54) is 12.1 Å². The van der Waals surface area contributed by atoms with Crippen molar-refractivity contribution in [3.8, 4) is 5.75 Å². The molecule has 25 heavy (non-hydrogen) atoms. The molecule has 10 heteroatoms. The van der Waals surface area contributed by atoms with Gasteiger partial charge in [-0.15, -0.1) is 0 Å². The number of amides is 1. The van der Waals surface area contributed by atoms with Gasteiger partial charge in [0.15, 0.2) is 5.82 Å². The number of phenols is 1. The zero-order valence-electron chi connectivity index (χ0n) is 13.5. The highest BCUT2D eigenvalue weighted by Gasteiger charge is 2.37. The molecule has 2 heterocycles. The maximum Gasteiger partial charge on any atom is 0.326 e. The Morgan fingerprint density at radius 3 is 2.52 bits per heavy atom. The topological polar surface area (TPSA) is 110 Å². The summed E-state index contributed by atoms with van der Waals surface area (Å²) in [7, 11) is -4.18. The second-order valence-electron chi connectivity index (χ2n) is 6.31. The molecular weight excluding hydrogens is 353 g/mol. The van der Waals surface area contributed by atoms with Crippen LogP contribution >= 0.6 is 0 Å². The van der Waals surface area contributed by atoms with Crippen LogP contribution in [0.3, 0.4) is 0 Å². The minimum Gasteiger partial charge on any atom is -0.506 e. The molecule has 1 aromatic rings. The Morgan fingerprint density at radius 2 is 1.96 bits per heavy atom. The van der Waals surface area contributed by atoms with Crippen molar-refractivity contribution in [1.29, 1.82) is 0 Å². The molecule has 1 amide bonds. The van der Waals surface area contributed by atoms with Crippen LogP contribution in [0.4, 0.5) is 10.1 Å². The van der Waals surface area contributed by atoms with Crippen LogP contribution in [0.15, 0.2) is 12.1 Å². The summed E-state index contributed by atoms with van der Waals surface area (Å²) in [5.74, 6) is -2.21. The lowest BCUT2D eigenvalue weighted by atomic mass is 10.1. The van der Waals surface area contributed by atoms with Crippen LogP contribution in [-0.2, 0) is 21.4 Å². The standard InChI is InChI=1S/C15H20FN3O5S/c16-12-7-10(1-4-18-5-2-11(20)3-6-18)8-13(21)15(12)19-9-14(22)17-25(19,23)24/h7-8,11,20-21H,1-6,9H2,(H,17,22). The highest BCUT2D eigenvalue weighted by atomic mass is 32.2. The second kappa shape index (κ2) is 6.77. The number of aliphatic hydroxyl groups excluding tert-OH is 1. The van der Waals surface area contributed by atoms with E-state index < -0.39 is 39.9 Å². The molecule has 0 spiro atoms. The van der Waals surface area contributed by atoms with Gasteiger partial charge in [-0.1, -0.05) is 0 Å². The molecule has 2 saturated heterocycles. The van der Waals surface area contributed by atoms with Gasteiger partial charge in [0.05, 0.1) is 6.10 Å². The van der Waals surface area contributed by atoms with Crippen molar-refractivity contribution < 1.29 is 27.8 Å².